The van der Waals surface area contributed by atoms with Gasteiger partial charge in [0, 0.05) is 36.5 Å². The Kier molecular flexibility index (Phi) is 7.85. The van der Waals surface area contributed by atoms with Gasteiger partial charge in [-0.1, -0.05) is 17.8 Å². The Labute approximate surface area is 186 Å². The molecular formula is C22H27N5O3S. The van der Waals surface area contributed by atoms with E-state index in [4.69, 9.17) is 4.74 Å². The number of amides is 1. The molecule has 1 aromatic rings. The van der Waals surface area contributed by atoms with Crippen LogP contribution in [0.2, 0.25) is 0 Å². The highest BCUT2D eigenvalue weighted by atomic mass is 32.2. The molecule has 2 atom stereocenters. The zero-order valence-corrected chi connectivity index (χ0v) is 18.6. The van der Waals surface area contributed by atoms with Gasteiger partial charge in [0.1, 0.15) is 5.92 Å². The van der Waals surface area contributed by atoms with E-state index >= 15 is 0 Å². The van der Waals surface area contributed by atoms with E-state index in [-0.39, 0.29) is 6.61 Å². The van der Waals surface area contributed by atoms with Crippen molar-refractivity contribution in [3.8, 4) is 6.07 Å². The van der Waals surface area contributed by atoms with Crippen molar-refractivity contribution in [1.29, 1.82) is 5.26 Å². The van der Waals surface area contributed by atoms with Gasteiger partial charge in [0.2, 0.25) is 10.8 Å². The minimum atomic E-state index is -1.49. The van der Waals surface area contributed by atoms with Crippen LogP contribution in [0.4, 0.5) is 0 Å². The number of pyridine rings is 1. The molecule has 2 unspecified atom stereocenters. The van der Waals surface area contributed by atoms with Crippen LogP contribution in [-0.4, -0.2) is 67.0 Å². The standard InChI is InChI=1S/C22H27N5O3S/c1-27(2)11-4-12-30-21(29)22(18(13-23)17-8-10-25-15-19(17)31-22)26-20(28)7-6-16-5-3-9-24-14-16/h3,5-7,9,14,18,25H,4,8,10-12,15H2,1-2H3,(H,26,28). The molecule has 0 spiro atoms. The quantitative estimate of drug-likeness (QED) is 0.355. The molecule has 0 saturated carbocycles. The van der Waals surface area contributed by atoms with E-state index in [9.17, 15) is 14.9 Å². The molecule has 0 saturated heterocycles. The Bertz CT molecular complexity index is 909. The summed E-state index contributed by atoms with van der Waals surface area (Å²) in [6.45, 7) is 2.31. The van der Waals surface area contributed by atoms with Crippen LogP contribution in [0, 0.1) is 17.2 Å². The molecule has 31 heavy (non-hydrogen) atoms. The highest BCUT2D eigenvalue weighted by molar-refractivity contribution is 8.05. The van der Waals surface area contributed by atoms with Crippen molar-refractivity contribution < 1.29 is 14.3 Å². The van der Waals surface area contributed by atoms with Gasteiger partial charge in [-0.05, 0) is 56.8 Å². The second-order valence-electron chi connectivity index (χ2n) is 7.68. The first-order valence-electron chi connectivity index (χ1n) is 10.2. The molecule has 9 heteroatoms. The van der Waals surface area contributed by atoms with Gasteiger partial charge in [0.15, 0.2) is 0 Å². The summed E-state index contributed by atoms with van der Waals surface area (Å²) in [5, 5.41) is 16.0. The lowest BCUT2D eigenvalue weighted by molar-refractivity contribution is -0.150. The van der Waals surface area contributed by atoms with Crippen molar-refractivity contribution >= 4 is 29.7 Å². The van der Waals surface area contributed by atoms with E-state index in [0.29, 0.717) is 19.4 Å². The normalized spacial score (nSPS) is 23.0. The summed E-state index contributed by atoms with van der Waals surface area (Å²) in [6, 6.07) is 5.85. The number of thioether (sulfide) groups is 1. The van der Waals surface area contributed by atoms with Gasteiger partial charge in [0.25, 0.3) is 0 Å². The minimum Gasteiger partial charge on any atom is -0.463 e. The molecule has 0 fully saturated rings. The van der Waals surface area contributed by atoms with Crippen LogP contribution in [0.15, 0.2) is 41.1 Å². The number of rotatable bonds is 8. The van der Waals surface area contributed by atoms with E-state index in [1.165, 1.54) is 17.8 Å². The first-order valence-corrected chi connectivity index (χ1v) is 11.0. The highest BCUT2D eigenvalue weighted by Crippen LogP contribution is 2.51. The molecule has 0 radical (unpaired) electrons. The van der Waals surface area contributed by atoms with Crippen LogP contribution < -0.4 is 10.6 Å². The van der Waals surface area contributed by atoms with Gasteiger partial charge < -0.3 is 20.3 Å². The number of esters is 1. The van der Waals surface area contributed by atoms with Gasteiger partial charge in [-0.15, -0.1) is 0 Å². The largest absolute Gasteiger partial charge is 0.463 e. The second kappa shape index (κ2) is 10.6. The summed E-state index contributed by atoms with van der Waals surface area (Å²) >= 11 is 1.23. The van der Waals surface area contributed by atoms with Crippen LogP contribution >= 0.6 is 11.8 Å². The lowest BCUT2D eigenvalue weighted by Crippen LogP contribution is -2.56. The van der Waals surface area contributed by atoms with Gasteiger partial charge >= 0.3 is 5.97 Å². The highest BCUT2D eigenvalue weighted by Gasteiger charge is 2.56. The predicted octanol–water partition coefficient (Wildman–Crippen LogP) is 1.54. The SMILES string of the molecule is CN(C)CCCOC(=O)C1(NC(=O)C=Cc2cccnc2)SC2=C(CCNC2)C1C#N. The first-order chi connectivity index (χ1) is 15.0. The maximum atomic E-state index is 13.2. The van der Waals surface area contributed by atoms with Crippen molar-refractivity contribution in [2.45, 2.75) is 17.7 Å². The average molecular weight is 442 g/mol. The van der Waals surface area contributed by atoms with Crippen LogP contribution in [0.5, 0.6) is 0 Å². The fourth-order valence-electron chi connectivity index (χ4n) is 3.58. The fraction of sp³-hybridized carbons (Fsp3) is 0.455. The molecule has 3 rings (SSSR count). The number of hydrogen-bond donors (Lipinski definition) is 2. The molecular weight excluding hydrogens is 414 g/mol. The number of hydrogen-bond acceptors (Lipinski definition) is 8. The van der Waals surface area contributed by atoms with E-state index in [1.54, 1.807) is 24.5 Å². The fourth-order valence-corrected chi connectivity index (χ4v) is 5.11. The lowest BCUT2D eigenvalue weighted by Gasteiger charge is -2.30. The van der Waals surface area contributed by atoms with Crippen molar-refractivity contribution in [2.75, 3.05) is 40.3 Å². The van der Waals surface area contributed by atoms with Gasteiger partial charge in [-0.25, -0.2) is 4.79 Å². The number of nitriles is 1. The van der Waals surface area contributed by atoms with Crippen molar-refractivity contribution in [3.05, 3.63) is 46.6 Å². The molecule has 2 N–H and O–H groups in total. The molecule has 2 aliphatic rings. The zero-order valence-electron chi connectivity index (χ0n) is 17.8. The van der Waals surface area contributed by atoms with Gasteiger partial charge in [-0.2, -0.15) is 5.26 Å². The number of ether oxygens (including phenoxy) is 1. The molecule has 0 aliphatic carbocycles. The number of aromatic nitrogens is 1. The molecule has 2 aliphatic heterocycles. The summed E-state index contributed by atoms with van der Waals surface area (Å²) in [5.74, 6) is -1.82. The Hall–Kier alpha value is -2.67. The summed E-state index contributed by atoms with van der Waals surface area (Å²) < 4.78 is 5.55. The smallest absolute Gasteiger partial charge is 0.344 e. The Balaban J connectivity index is 1.79. The van der Waals surface area contributed by atoms with Crippen molar-refractivity contribution in [1.82, 2.24) is 20.5 Å². The number of nitrogens with one attached hydrogen (secondary N) is 2. The predicted molar refractivity (Wildman–Crippen MR) is 119 cm³/mol. The second-order valence-corrected chi connectivity index (χ2v) is 9.02. The van der Waals surface area contributed by atoms with Crippen molar-refractivity contribution in [3.63, 3.8) is 0 Å². The Morgan fingerprint density at radius 2 is 2.35 bits per heavy atom. The van der Waals surface area contributed by atoms with Crippen LogP contribution in [0.1, 0.15) is 18.4 Å². The lowest BCUT2D eigenvalue weighted by atomic mass is 9.88. The third-order valence-electron chi connectivity index (χ3n) is 5.09. The van der Waals surface area contributed by atoms with Gasteiger partial charge in [0.05, 0.1) is 12.7 Å². The molecule has 8 nitrogen and oxygen atoms in total. The van der Waals surface area contributed by atoms with Crippen LogP contribution in [0.25, 0.3) is 6.08 Å². The first kappa shape index (κ1) is 23.0. The maximum absolute atomic E-state index is 13.2. The summed E-state index contributed by atoms with van der Waals surface area (Å²) in [6.07, 6.45) is 7.58. The van der Waals surface area contributed by atoms with Gasteiger partial charge in [-0.3, -0.25) is 9.78 Å². The monoisotopic (exact) mass is 441 g/mol. The minimum absolute atomic E-state index is 0.224. The van der Waals surface area contributed by atoms with E-state index < -0.39 is 22.7 Å². The summed E-state index contributed by atoms with van der Waals surface area (Å²) in [5.41, 5.74) is 1.67. The third kappa shape index (κ3) is 5.53. The van der Waals surface area contributed by atoms with Crippen molar-refractivity contribution in [2.24, 2.45) is 5.92 Å². The number of carbonyl (C=O) groups excluding carboxylic acids is 2. The molecule has 1 amide bonds. The summed E-state index contributed by atoms with van der Waals surface area (Å²) in [4.78, 5) is 31.5. The van der Waals surface area contributed by atoms with Crippen LogP contribution in [-0.2, 0) is 14.3 Å². The number of carbonyl (C=O) groups is 2. The Morgan fingerprint density at radius 3 is 3.06 bits per heavy atom. The molecule has 164 valence electrons. The Morgan fingerprint density at radius 1 is 1.52 bits per heavy atom. The average Bonchev–Trinajstić information content (AvgIpc) is 3.09. The van der Waals surface area contributed by atoms with E-state index in [0.717, 1.165) is 29.1 Å². The molecule has 3 heterocycles. The van der Waals surface area contributed by atoms with Crippen LogP contribution in [0.3, 0.4) is 0 Å². The third-order valence-corrected chi connectivity index (χ3v) is 6.57. The molecule has 0 bridgehead atoms. The number of nitrogens with zero attached hydrogens (tertiary/aromatic N) is 3. The summed E-state index contributed by atoms with van der Waals surface area (Å²) in [7, 11) is 3.89. The zero-order chi connectivity index (χ0) is 22.3. The topological polar surface area (TPSA) is 107 Å². The van der Waals surface area contributed by atoms with E-state index in [1.807, 2.05) is 25.1 Å². The molecule has 1 aromatic heterocycles. The maximum Gasteiger partial charge on any atom is 0.344 e. The molecule has 0 aromatic carbocycles. The van der Waals surface area contributed by atoms with E-state index in [2.05, 4.69) is 21.7 Å².